The van der Waals surface area contributed by atoms with Crippen LogP contribution in [-0.2, 0) is 63.6 Å². The normalized spacial score (nSPS) is 15.4. The lowest BCUT2D eigenvalue weighted by Crippen LogP contribution is -2.35. The lowest BCUT2D eigenvalue weighted by atomic mass is 10.1. The molecule has 0 aliphatic carbocycles. The number of benzene rings is 4. The molecular weight excluding hydrogens is 824 g/mol. The number of esters is 1. The maximum absolute atomic E-state index is 14.6. The number of aliphatic hydroxyl groups is 1. The number of hydrogen-bond donors (Lipinski definition) is 1. The van der Waals surface area contributed by atoms with Gasteiger partial charge < -0.3 is 19.3 Å². The summed E-state index contributed by atoms with van der Waals surface area (Å²) in [5.74, 6) is -1.22. The first-order chi connectivity index (χ1) is 27.4. The van der Waals surface area contributed by atoms with Gasteiger partial charge in [0.05, 0.1) is 66.7 Å². The fourth-order valence-corrected chi connectivity index (χ4v) is 9.11. The van der Waals surface area contributed by atoms with Gasteiger partial charge in [0, 0.05) is 0 Å². The summed E-state index contributed by atoms with van der Waals surface area (Å²) in [5.41, 5.74) is 8.10. The van der Waals surface area contributed by atoms with Gasteiger partial charge in [-0.25, -0.2) is 9.36 Å². The van der Waals surface area contributed by atoms with Gasteiger partial charge >= 0.3 is 13.8 Å². The van der Waals surface area contributed by atoms with Crippen molar-refractivity contribution in [2.45, 2.75) is 38.6 Å². The Bertz CT molecular complexity index is 2710. The largest absolute Gasteiger partial charge is 0.485 e. The Morgan fingerprint density at radius 2 is 0.982 bits per heavy atom. The molecular formula is C34H25N8O9PS4. The number of aliphatic hydroxyl groups excluding tert-OH is 1. The van der Waals surface area contributed by atoms with Crippen molar-refractivity contribution in [2.24, 2.45) is 0 Å². The molecule has 2 atom stereocenters. The van der Waals surface area contributed by atoms with Crippen molar-refractivity contribution in [1.29, 1.82) is 0 Å². The van der Waals surface area contributed by atoms with Crippen molar-refractivity contribution in [3.8, 4) is 0 Å². The highest BCUT2D eigenvalue weighted by Crippen LogP contribution is 2.53. The number of phosphoric ester groups is 1. The van der Waals surface area contributed by atoms with E-state index in [1.54, 1.807) is 66.7 Å². The molecule has 284 valence electrons. The highest BCUT2D eigenvalue weighted by atomic mass is 32.1. The summed E-state index contributed by atoms with van der Waals surface area (Å²) in [5, 5.41) is 10.7. The third-order valence-corrected chi connectivity index (χ3v) is 12.2. The Labute approximate surface area is 332 Å². The van der Waals surface area contributed by atoms with Crippen LogP contribution < -0.4 is 0 Å². The maximum atomic E-state index is 14.6. The van der Waals surface area contributed by atoms with E-state index in [-0.39, 0.29) is 37.9 Å². The van der Waals surface area contributed by atoms with Gasteiger partial charge in [0.25, 0.3) is 0 Å². The standard InChI is InChI=1S/C34H25N8O9PS4/c43-13-30(51-52(45,48-16-20-3-7-24-28(11-20)41-55-37-24)49-17-21-4-8-25-29(12-21)42-56-38-25)31-32(46-14-18-1-5-22-26(9-18)39-53-35-22)33(34(44)50-31)47-15-19-2-6-23-27(10-19)40-54-36-23/h1-12,30-31,43H,13-17H2. The van der Waals surface area contributed by atoms with Gasteiger partial charge in [-0.2, -0.15) is 35.0 Å². The van der Waals surface area contributed by atoms with E-state index in [9.17, 15) is 14.5 Å². The van der Waals surface area contributed by atoms with E-state index in [4.69, 9.17) is 27.8 Å². The summed E-state index contributed by atoms with van der Waals surface area (Å²) in [6.45, 7) is -1.33. The average Bonchev–Trinajstić information content (AvgIpc) is 4.07. The second-order valence-electron chi connectivity index (χ2n) is 12.3. The van der Waals surface area contributed by atoms with Crippen LogP contribution in [0.5, 0.6) is 0 Å². The molecule has 17 nitrogen and oxygen atoms in total. The molecule has 1 N–H and O–H groups in total. The van der Waals surface area contributed by atoms with Crippen molar-refractivity contribution in [3.05, 3.63) is 107 Å². The number of hydrogen-bond acceptors (Lipinski definition) is 21. The number of rotatable bonds is 16. The van der Waals surface area contributed by atoms with Gasteiger partial charge in [-0.15, -0.1) is 0 Å². The minimum absolute atomic E-state index is 0.0516. The lowest BCUT2D eigenvalue weighted by Gasteiger charge is -2.27. The molecule has 4 aromatic carbocycles. The van der Waals surface area contributed by atoms with E-state index in [1.165, 1.54) is 0 Å². The molecule has 0 fully saturated rings. The summed E-state index contributed by atoms with van der Waals surface area (Å²) in [6.07, 6.45) is -2.92. The summed E-state index contributed by atoms with van der Waals surface area (Å²) in [4.78, 5) is 13.5. The molecule has 5 heterocycles. The zero-order valence-electron chi connectivity index (χ0n) is 28.5. The highest BCUT2D eigenvalue weighted by Gasteiger charge is 2.46. The SMILES string of the molecule is O=C1OC(C(CO)OP(=O)(OCc2ccc3nsnc3c2)OCc2ccc3nsnc3c2)C(OCc2ccc3nsnc3c2)=C1OCc1ccc2nsnc2c1. The van der Waals surface area contributed by atoms with Gasteiger partial charge in [-0.1, -0.05) is 24.3 Å². The van der Waals surface area contributed by atoms with Gasteiger partial charge in [-0.3, -0.25) is 13.6 Å². The van der Waals surface area contributed by atoms with E-state index >= 15 is 0 Å². The van der Waals surface area contributed by atoms with E-state index < -0.39 is 32.6 Å². The molecule has 0 radical (unpaired) electrons. The highest BCUT2D eigenvalue weighted by molar-refractivity contribution is 7.48. The fourth-order valence-electron chi connectivity index (χ4n) is 5.72. The third-order valence-electron chi connectivity index (χ3n) is 8.51. The van der Waals surface area contributed by atoms with Crippen molar-refractivity contribution < 1.29 is 42.2 Å². The second-order valence-corrected chi connectivity index (χ2v) is 16.0. The molecule has 2 unspecified atom stereocenters. The van der Waals surface area contributed by atoms with Gasteiger partial charge in [-0.05, 0) is 70.8 Å². The van der Waals surface area contributed by atoms with E-state index in [1.807, 2.05) is 6.07 Å². The molecule has 8 aromatic rings. The molecule has 1 aliphatic rings. The number of phosphoric acid groups is 1. The van der Waals surface area contributed by atoms with E-state index in [0.29, 0.717) is 55.4 Å². The third kappa shape index (κ3) is 7.85. The monoisotopic (exact) mass is 848 g/mol. The number of cyclic esters (lactones) is 1. The first-order valence-electron chi connectivity index (χ1n) is 16.6. The van der Waals surface area contributed by atoms with Crippen molar-refractivity contribution >= 4 is 105 Å². The Hall–Kier alpha value is -4.96. The summed E-state index contributed by atoms with van der Waals surface area (Å²) in [6, 6.07) is 21.3. The molecule has 0 bridgehead atoms. The number of carbonyl (C=O) groups excluding carboxylic acids is 1. The van der Waals surface area contributed by atoms with E-state index in [0.717, 1.165) is 57.9 Å². The van der Waals surface area contributed by atoms with Crippen LogP contribution in [0.1, 0.15) is 22.3 Å². The van der Waals surface area contributed by atoms with Crippen LogP contribution in [0.4, 0.5) is 0 Å². The number of nitrogens with zero attached hydrogens (tertiary/aromatic N) is 8. The maximum Gasteiger partial charge on any atom is 0.475 e. The zero-order valence-corrected chi connectivity index (χ0v) is 32.6. The Morgan fingerprint density at radius 1 is 0.589 bits per heavy atom. The molecule has 0 saturated heterocycles. The van der Waals surface area contributed by atoms with E-state index in [2.05, 4.69) is 35.0 Å². The van der Waals surface area contributed by atoms with Crippen LogP contribution in [0.15, 0.2) is 84.3 Å². The summed E-state index contributed by atoms with van der Waals surface area (Å²) in [7, 11) is -4.57. The first kappa shape index (κ1) is 36.7. The van der Waals surface area contributed by atoms with Crippen LogP contribution >= 0.6 is 54.7 Å². The predicted molar refractivity (Wildman–Crippen MR) is 205 cm³/mol. The average molecular weight is 849 g/mol. The molecule has 0 spiro atoms. The number of fused-ring (bicyclic) bond motifs is 4. The minimum atomic E-state index is -4.57. The second kappa shape index (κ2) is 15.9. The van der Waals surface area contributed by atoms with Crippen LogP contribution in [0.2, 0.25) is 0 Å². The Morgan fingerprint density at radius 3 is 1.41 bits per heavy atom. The summed E-state index contributed by atoms with van der Waals surface area (Å²) < 4.78 is 84.4. The number of carbonyl (C=O) groups is 1. The van der Waals surface area contributed by atoms with Crippen LogP contribution in [0, 0.1) is 0 Å². The molecule has 4 aromatic heterocycles. The van der Waals surface area contributed by atoms with Crippen LogP contribution in [0.3, 0.4) is 0 Å². The van der Waals surface area contributed by atoms with Gasteiger partial charge in [0.1, 0.15) is 63.5 Å². The quantitative estimate of drug-likeness (QED) is 0.0812. The molecule has 1 aliphatic heterocycles. The summed E-state index contributed by atoms with van der Waals surface area (Å²) >= 11 is 4.30. The molecule has 56 heavy (non-hydrogen) atoms. The van der Waals surface area contributed by atoms with Crippen LogP contribution in [0.25, 0.3) is 44.1 Å². The van der Waals surface area contributed by atoms with Crippen molar-refractivity contribution in [3.63, 3.8) is 0 Å². The van der Waals surface area contributed by atoms with Crippen molar-refractivity contribution in [2.75, 3.05) is 6.61 Å². The Kier molecular flexibility index (Phi) is 10.4. The lowest BCUT2D eigenvalue weighted by molar-refractivity contribution is -0.148. The minimum Gasteiger partial charge on any atom is -0.485 e. The topological polar surface area (TPSA) is 213 Å². The number of ether oxygens (including phenoxy) is 3. The van der Waals surface area contributed by atoms with Gasteiger partial charge in [0.2, 0.25) is 5.76 Å². The van der Waals surface area contributed by atoms with Crippen LogP contribution in [-0.4, -0.2) is 64.9 Å². The smallest absolute Gasteiger partial charge is 0.475 e. The van der Waals surface area contributed by atoms with Crippen molar-refractivity contribution in [1.82, 2.24) is 35.0 Å². The molecule has 0 saturated carbocycles. The number of aromatic nitrogens is 8. The van der Waals surface area contributed by atoms with Gasteiger partial charge in [0.15, 0.2) is 11.9 Å². The zero-order chi connectivity index (χ0) is 38.1. The first-order valence-corrected chi connectivity index (χ1v) is 21.0. The Balaban J connectivity index is 1.00. The predicted octanol–water partition coefficient (Wildman–Crippen LogP) is 6.50. The molecule has 22 heteroatoms. The fraction of sp³-hybridized carbons (Fsp3) is 0.206. The molecule has 0 amide bonds. The molecule has 9 rings (SSSR count).